The van der Waals surface area contributed by atoms with Crippen LogP contribution in [0.25, 0.3) is 0 Å². The van der Waals surface area contributed by atoms with Crippen LogP contribution in [0.4, 0.5) is 5.69 Å². The molecule has 1 fully saturated rings. The number of benzene rings is 1. The minimum Gasteiger partial charge on any atom is -0.495 e. The summed E-state index contributed by atoms with van der Waals surface area (Å²) in [5, 5.41) is 0. The smallest absolute Gasteiger partial charge is 0.244 e. The van der Waals surface area contributed by atoms with Gasteiger partial charge < -0.3 is 4.74 Å². The van der Waals surface area contributed by atoms with Gasteiger partial charge in [-0.05, 0) is 42.3 Å². The summed E-state index contributed by atoms with van der Waals surface area (Å²) in [5.41, 5.74) is 0.958. The molecule has 27 heavy (non-hydrogen) atoms. The van der Waals surface area contributed by atoms with E-state index in [4.69, 9.17) is 4.74 Å². The zero-order chi connectivity index (χ0) is 19.4. The summed E-state index contributed by atoms with van der Waals surface area (Å²) in [6, 6.07) is 7.62. The van der Waals surface area contributed by atoms with Crippen LogP contribution < -0.4 is 14.4 Å². The van der Waals surface area contributed by atoms with E-state index in [1.54, 1.807) is 24.5 Å². The number of pyridine rings is 1. The number of carbonyl (C=O) groups excluding carboxylic acids is 2. The monoisotopic (exact) mass is 389 g/mol. The number of imide groups is 1. The highest BCUT2D eigenvalue weighted by Crippen LogP contribution is 2.31. The van der Waals surface area contributed by atoms with Crippen LogP contribution in [-0.2, 0) is 26.2 Å². The molecule has 2 amide bonds. The molecule has 0 aliphatic carbocycles. The second-order valence-corrected chi connectivity index (χ2v) is 7.73. The summed E-state index contributed by atoms with van der Waals surface area (Å²) in [7, 11) is -2.59. The Hall–Kier alpha value is -2.78. The molecule has 0 radical (unpaired) electrons. The average molecular weight is 389 g/mol. The summed E-state index contributed by atoms with van der Waals surface area (Å²) in [5.74, 6) is -0.563. The van der Waals surface area contributed by atoms with E-state index in [0.717, 1.165) is 10.5 Å². The molecule has 0 unspecified atom stereocenters. The van der Waals surface area contributed by atoms with E-state index in [0.29, 0.717) is 6.42 Å². The minimum absolute atomic E-state index is 0.0693. The van der Waals surface area contributed by atoms with Crippen molar-refractivity contribution >= 4 is 27.5 Å². The molecule has 0 spiro atoms. The topological polar surface area (TPSA) is 106 Å². The fraction of sp³-hybridized carbons (Fsp3) is 0.278. The van der Waals surface area contributed by atoms with Crippen LogP contribution in [0.1, 0.15) is 24.8 Å². The van der Waals surface area contributed by atoms with Gasteiger partial charge in [0.05, 0.1) is 12.8 Å². The second kappa shape index (κ2) is 7.85. The van der Waals surface area contributed by atoms with Gasteiger partial charge in [-0.25, -0.2) is 13.1 Å². The molecule has 2 aromatic rings. The Kier molecular flexibility index (Phi) is 5.52. The third kappa shape index (κ3) is 4.15. The van der Waals surface area contributed by atoms with Gasteiger partial charge in [0.25, 0.3) is 0 Å². The number of aromatic nitrogens is 1. The van der Waals surface area contributed by atoms with Gasteiger partial charge in [-0.1, -0.05) is 0 Å². The van der Waals surface area contributed by atoms with Crippen LogP contribution in [0.2, 0.25) is 0 Å². The molecule has 1 aromatic carbocycles. The quantitative estimate of drug-likeness (QED) is 0.753. The number of amides is 2. The van der Waals surface area contributed by atoms with Crippen LogP contribution in [-0.4, -0.2) is 32.3 Å². The number of methoxy groups -OCH3 is 1. The number of sulfonamides is 1. The molecule has 142 valence electrons. The lowest BCUT2D eigenvalue weighted by molar-refractivity contribution is -0.129. The molecular formula is C18H19N3O5S. The Balaban J connectivity index is 1.93. The van der Waals surface area contributed by atoms with Gasteiger partial charge >= 0.3 is 0 Å². The first-order valence-electron chi connectivity index (χ1n) is 8.35. The maximum Gasteiger partial charge on any atom is 0.244 e. The molecule has 1 aromatic heterocycles. The highest BCUT2D eigenvalue weighted by molar-refractivity contribution is 7.89. The summed E-state index contributed by atoms with van der Waals surface area (Å²) in [4.78, 5) is 29.1. The van der Waals surface area contributed by atoms with Crippen molar-refractivity contribution in [3.63, 3.8) is 0 Å². The Morgan fingerprint density at radius 1 is 1.11 bits per heavy atom. The summed E-state index contributed by atoms with van der Waals surface area (Å²) in [6.07, 6.45) is 4.14. The zero-order valence-electron chi connectivity index (χ0n) is 14.7. The first kappa shape index (κ1) is 19.0. The number of hydrogen-bond acceptors (Lipinski definition) is 6. The van der Waals surface area contributed by atoms with Crippen LogP contribution in [0.5, 0.6) is 5.75 Å². The van der Waals surface area contributed by atoms with E-state index in [1.807, 2.05) is 0 Å². The van der Waals surface area contributed by atoms with Gasteiger partial charge in [-0.15, -0.1) is 0 Å². The van der Waals surface area contributed by atoms with Crippen LogP contribution >= 0.6 is 0 Å². The summed E-state index contributed by atoms with van der Waals surface area (Å²) in [6.45, 7) is 0.0693. The standard InChI is InChI=1S/C18H19N3O5S/c1-26-15-6-5-14(21-17(22)3-2-4-18(21)23)11-16(15)27(24,25)20-12-13-7-9-19-10-8-13/h5-11,20H,2-4,12H2,1H3. The van der Waals surface area contributed by atoms with Crippen LogP contribution in [0.3, 0.4) is 0 Å². The van der Waals surface area contributed by atoms with Crippen molar-refractivity contribution < 1.29 is 22.7 Å². The Labute approximate surface area is 157 Å². The normalized spacial score (nSPS) is 15.1. The number of carbonyl (C=O) groups is 2. The summed E-state index contributed by atoms with van der Waals surface area (Å²) < 4.78 is 33.2. The maximum absolute atomic E-state index is 12.8. The van der Waals surface area contributed by atoms with Gasteiger partial charge in [0.15, 0.2) is 0 Å². The number of ether oxygens (including phenoxy) is 1. The molecule has 8 nitrogen and oxygen atoms in total. The van der Waals surface area contributed by atoms with Gasteiger partial charge in [-0.3, -0.25) is 19.5 Å². The summed E-state index contributed by atoms with van der Waals surface area (Å²) >= 11 is 0. The fourth-order valence-electron chi connectivity index (χ4n) is 2.81. The predicted molar refractivity (Wildman–Crippen MR) is 97.6 cm³/mol. The van der Waals surface area contributed by atoms with E-state index in [1.165, 1.54) is 25.3 Å². The number of piperidine rings is 1. The Morgan fingerprint density at radius 3 is 2.41 bits per heavy atom. The largest absolute Gasteiger partial charge is 0.495 e. The minimum atomic E-state index is -3.94. The number of nitrogens with zero attached hydrogens (tertiary/aromatic N) is 2. The molecular weight excluding hydrogens is 370 g/mol. The van der Waals surface area contributed by atoms with Crippen molar-refractivity contribution in [2.24, 2.45) is 0 Å². The van der Waals surface area contributed by atoms with Crippen molar-refractivity contribution in [3.05, 3.63) is 48.3 Å². The first-order chi connectivity index (χ1) is 12.9. The van der Waals surface area contributed by atoms with Gasteiger partial charge in [0.1, 0.15) is 10.6 Å². The van der Waals surface area contributed by atoms with Gasteiger partial charge in [0.2, 0.25) is 21.8 Å². The van der Waals surface area contributed by atoms with Crippen molar-refractivity contribution in [3.8, 4) is 5.75 Å². The van der Waals surface area contributed by atoms with E-state index in [2.05, 4.69) is 9.71 Å². The lowest BCUT2D eigenvalue weighted by atomic mass is 10.1. The van der Waals surface area contributed by atoms with E-state index >= 15 is 0 Å². The number of hydrogen-bond donors (Lipinski definition) is 1. The lowest BCUT2D eigenvalue weighted by Crippen LogP contribution is -2.40. The average Bonchev–Trinajstić information content (AvgIpc) is 2.67. The molecule has 1 aliphatic rings. The van der Waals surface area contributed by atoms with E-state index < -0.39 is 10.0 Å². The fourth-order valence-corrected chi connectivity index (χ4v) is 4.02. The molecule has 0 atom stereocenters. The highest BCUT2D eigenvalue weighted by atomic mass is 32.2. The number of rotatable bonds is 6. The zero-order valence-corrected chi connectivity index (χ0v) is 15.5. The molecule has 3 rings (SSSR count). The predicted octanol–water partition coefficient (Wildman–Crippen LogP) is 1.61. The highest BCUT2D eigenvalue weighted by Gasteiger charge is 2.29. The Bertz CT molecular complexity index is 944. The van der Waals surface area contributed by atoms with Crippen molar-refractivity contribution in [2.45, 2.75) is 30.7 Å². The van der Waals surface area contributed by atoms with Gasteiger partial charge in [-0.2, -0.15) is 0 Å². The van der Waals surface area contributed by atoms with Crippen molar-refractivity contribution in [2.75, 3.05) is 12.0 Å². The molecule has 0 saturated carbocycles. The van der Waals surface area contributed by atoms with E-state index in [9.17, 15) is 18.0 Å². The van der Waals surface area contributed by atoms with E-state index in [-0.39, 0.29) is 47.5 Å². The Morgan fingerprint density at radius 2 is 1.78 bits per heavy atom. The maximum atomic E-state index is 12.8. The van der Waals surface area contributed by atoms with Crippen LogP contribution in [0.15, 0.2) is 47.6 Å². The third-order valence-electron chi connectivity index (χ3n) is 4.19. The number of nitrogens with one attached hydrogen (secondary N) is 1. The molecule has 0 bridgehead atoms. The van der Waals surface area contributed by atoms with Crippen LogP contribution in [0, 0.1) is 0 Å². The van der Waals surface area contributed by atoms with Gasteiger partial charge in [0, 0.05) is 31.8 Å². The SMILES string of the molecule is COc1ccc(N2C(=O)CCCC2=O)cc1S(=O)(=O)NCc1ccncc1. The second-order valence-electron chi connectivity index (χ2n) is 5.99. The van der Waals surface area contributed by atoms with Crippen molar-refractivity contribution in [1.82, 2.24) is 9.71 Å². The molecule has 1 aliphatic heterocycles. The lowest BCUT2D eigenvalue weighted by Gasteiger charge is -2.25. The molecule has 2 heterocycles. The third-order valence-corrected chi connectivity index (χ3v) is 5.61. The van der Waals surface area contributed by atoms with Crippen molar-refractivity contribution in [1.29, 1.82) is 0 Å². The molecule has 1 N–H and O–H groups in total. The molecule has 1 saturated heterocycles. The first-order valence-corrected chi connectivity index (χ1v) is 9.83. The molecule has 9 heteroatoms. The number of anilines is 1.